The van der Waals surface area contributed by atoms with Crippen LogP contribution in [0.2, 0.25) is 0 Å². The quantitative estimate of drug-likeness (QED) is 0.0564. The number of benzene rings is 4. The highest BCUT2D eigenvalue weighted by Crippen LogP contribution is 2.43. The fourth-order valence-corrected chi connectivity index (χ4v) is 5.18. The average Bonchev–Trinajstić information content (AvgIpc) is 3.11. The van der Waals surface area contributed by atoms with Crippen LogP contribution in [0.15, 0.2) is 133 Å². The predicted molar refractivity (Wildman–Crippen MR) is 179 cm³/mol. The number of carbonyl (C=O) groups is 1. The van der Waals surface area contributed by atoms with E-state index in [0.29, 0.717) is 6.41 Å². The van der Waals surface area contributed by atoms with Crippen molar-refractivity contribution in [3.8, 4) is 0 Å². The monoisotopic (exact) mass is 643 g/mol. The minimum Gasteiger partial charge on any atom is -0.369 e. The summed E-state index contributed by atoms with van der Waals surface area (Å²) in [6, 6.07) is 38.9. The summed E-state index contributed by atoms with van der Waals surface area (Å²) in [5.41, 5.74) is 3.77. The molecule has 0 aliphatic heterocycles. The van der Waals surface area contributed by atoms with Gasteiger partial charge in [0.25, 0.3) is 0 Å². The molecule has 4 aromatic rings. The summed E-state index contributed by atoms with van der Waals surface area (Å²) in [5.74, 6) is 1.53. The molecular formula is C37H42NO7P. The van der Waals surface area contributed by atoms with Crippen molar-refractivity contribution in [3.63, 3.8) is 0 Å². The Bertz CT molecular complexity index is 1490. The van der Waals surface area contributed by atoms with Gasteiger partial charge in [-0.15, -0.1) is 0 Å². The van der Waals surface area contributed by atoms with Crippen LogP contribution in [0.1, 0.15) is 22.3 Å². The summed E-state index contributed by atoms with van der Waals surface area (Å²) in [7, 11) is -1.65. The van der Waals surface area contributed by atoms with Gasteiger partial charge in [0, 0.05) is 13.8 Å². The van der Waals surface area contributed by atoms with Crippen molar-refractivity contribution in [2.24, 2.45) is 0 Å². The minimum absolute atomic E-state index is 0.0374. The third-order valence-electron chi connectivity index (χ3n) is 7.19. The van der Waals surface area contributed by atoms with Crippen LogP contribution < -0.4 is 0 Å². The molecule has 4 rings (SSSR count). The second-order valence-corrected chi connectivity index (χ2v) is 13.2. The van der Waals surface area contributed by atoms with E-state index in [0.717, 1.165) is 22.3 Å². The van der Waals surface area contributed by atoms with Gasteiger partial charge in [-0.25, -0.2) is 5.06 Å². The molecule has 0 aliphatic rings. The van der Waals surface area contributed by atoms with Crippen molar-refractivity contribution in [1.29, 1.82) is 0 Å². The first-order valence-electron chi connectivity index (χ1n) is 15.1. The Morgan fingerprint density at radius 2 is 1.09 bits per heavy atom. The van der Waals surface area contributed by atoms with Gasteiger partial charge in [0.05, 0.1) is 26.4 Å². The molecule has 242 valence electrons. The number of hydrogen-bond donors (Lipinski definition) is 0. The molecule has 0 heterocycles. The number of amides is 1. The highest BCUT2D eigenvalue weighted by Gasteiger charge is 2.33. The van der Waals surface area contributed by atoms with E-state index in [1.54, 1.807) is 6.08 Å². The predicted octanol–water partition coefficient (Wildman–Crippen LogP) is 7.40. The number of hydroxylamine groups is 2. The highest BCUT2D eigenvalue weighted by atomic mass is 31.2. The van der Waals surface area contributed by atoms with Crippen molar-refractivity contribution < 1.29 is 32.9 Å². The lowest BCUT2D eigenvalue weighted by Gasteiger charge is -2.34. The molecule has 0 spiro atoms. The molecule has 0 bridgehead atoms. The van der Waals surface area contributed by atoms with E-state index in [9.17, 15) is 9.36 Å². The van der Waals surface area contributed by atoms with Crippen molar-refractivity contribution in [3.05, 3.63) is 155 Å². The lowest BCUT2D eigenvalue weighted by Crippen LogP contribution is -2.47. The van der Waals surface area contributed by atoms with Crippen LogP contribution >= 0.6 is 7.37 Å². The SMILES string of the molecule is COP(C)(=O)/C=C/[C@@H](OCc1ccccc1)[C@@H](OCc1ccccc1)[C@@H](CN(C=O)OCc1ccccc1)OCc1ccccc1. The molecule has 46 heavy (non-hydrogen) atoms. The van der Waals surface area contributed by atoms with Gasteiger partial charge in [0.2, 0.25) is 13.8 Å². The minimum atomic E-state index is -3.06. The molecule has 0 aromatic heterocycles. The van der Waals surface area contributed by atoms with E-state index in [4.69, 9.17) is 23.6 Å². The van der Waals surface area contributed by atoms with Gasteiger partial charge in [-0.1, -0.05) is 121 Å². The average molecular weight is 644 g/mol. The molecule has 1 unspecified atom stereocenters. The number of rotatable bonds is 20. The maximum Gasteiger partial charge on any atom is 0.233 e. The Labute approximate surface area is 271 Å². The molecule has 1 amide bonds. The number of hydrogen-bond acceptors (Lipinski definition) is 7. The summed E-state index contributed by atoms with van der Waals surface area (Å²) in [6.45, 7) is 2.52. The standard InChI is InChI=1S/C37H42NO7P/c1-41-46(2,40)24-23-35(42-26-31-15-7-3-8-16-31)37(44-28-33-19-11-5-12-20-33)36(43-27-32-17-9-4-10-18-32)25-38(30-39)45-29-34-21-13-6-14-22-34/h3-24,30,35-37H,25-29H2,1-2H3/b24-23+/t35-,36-,37-,46?/m1/s1. The number of ether oxygens (including phenoxy) is 3. The molecule has 0 fully saturated rings. The second kappa shape index (κ2) is 18.9. The third-order valence-corrected chi connectivity index (χ3v) is 8.63. The first-order chi connectivity index (χ1) is 22.5. The smallest absolute Gasteiger partial charge is 0.233 e. The topological polar surface area (TPSA) is 83.5 Å². The van der Waals surface area contributed by atoms with Crippen LogP contribution in [-0.2, 0) is 59.4 Å². The zero-order valence-electron chi connectivity index (χ0n) is 26.3. The van der Waals surface area contributed by atoms with Crippen LogP contribution in [-0.4, -0.2) is 50.1 Å². The fraction of sp³-hybridized carbons (Fsp3) is 0.270. The summed E-state index contributed by atoms with van der Waals surface area (Å²) in [5, 5.41) is 1.22. The van der Waals surface area contributed by atoms with E-state index in [1.807, 2.05) is 121 Å². The van der Waals surface area contributed by atoms with E-state index in [-0.39, 0.29) is 33.0 Å². The number of nitrogens with zero attached hydrogens (tertiary/aromatic N) is 1. The molecule has 9 heteroatoms. The maximum absolute atomic E-state index is 13.0. The van der Waals surface area contributed by atoms with E-state index < -0.39 is 25.7 Å². The van der Waals surface area contributed by atoms with Crippen molar-refractivity contribution in [2.75, 3.05) is 20.3 Å². The van der Waals surface area contributed by atoms with Crippen LogP contribution in [0.25, 0.3) is 0 Å². The molecular weight excluding hydrogens is 601 g/mol. The molecule has 0 saturated heterocycles. The zero-order valence-corrected chi connectivity index (χ0v) is 27.2. The van der Waals surface area contributed by atoms with Crippen LogP contribution in [0.4, 0.5) is 0 Å². The summed E-state index contributed by atoms with van der Waals surface area (Å²) >= 11 is 0. The van der Waals surface area contributed by atoms with Gasteiger partial charge in [0.1, 0.15) is 24.9 Å². The molecule has 0 N–H and O–H groups in total. The second-order valence-electron chi connectivity index (χ2n) is 10.8. The molecule has 4 aromatic carbocycles. The fourth-order valence-electron chi connectivity index (χ4n) is 4.57. The highest BCUT2D eigenvalue weighted by molar-refractivity contribution is 7.61. The normalized spacial score (nSPS) is 14.7. The maximum atomic E-state index is 13.0. The summed E-state index contributed by atoms with van der Waals surface area (Å²) < 4.78 is 37.8. The molecule has 0 radical (unpaired) electrons. The van der Waals surface area contributed by atoms with Crippen LogP contribution in [0.5, 0.6) is 0 Å². The summed E-state index contributed by atoms with van der Waals surface area (Å²) in [4.78, 5) is 18.2. The van der Waals surface area contributed by atoms with Gasteiger partial charge in [-0.05, 0) is 34.1 Å². The Hall–Kier alpha value is -3.88. The summed E-state index contributed by atoms with van der Waals surface area (Å²) in [6.07, 6.45) is 0.114. The Balaban J connectivity index is 1.67. The molecule has 0 saturated carbocycles. The van der Waals surface area contributed by atoms with Gasteiger partial charge in [-0.3, -0.25) is 14.2 Å². The van der Waals surface area contributed by atoms with Crippen LogP contribution in [0.3, 0.4) is 0 Å². The van der Waals surface area contributed by atoms with E-state index in [2.05, 4.69) is 0 Å². The van der Waals surface area contributed by atoms with Gasteiger partial charge in [-0.2, -0.15) is 0 Å². The molecule has 0 aliphatic carbocycles. The Morgan fingerprint density at radius 1 is 0.652 bits per heavy atom. The lowest BCUT2D eigenvalue weighted by molar-refractivity contribution is -0.205. The van der Waals surface area contributed by atoms with E-state index in [1.165, 1.54) is 24.7 Å². The van der Waals surface area contributed by atoms with Crippen molar-refractivity contribution in [1.82, 2.24) is 5.06 Å². The first kappa shape index (κ1) is 35.0. The van der Waals surface area contributed by atoms with E-state index >= 15 is 0 Å². The van der Waals surface area contributed by atoms with Gasteiger partial charge < -0.3 is 18.7 Å². The van der Waals surface area contributed by atoms with Crippen LogP contribution in [0, 0.1) is 0 Å². The van der Waals surface area contributed by atoms with Crippen molar-refractivity contribution in [2.45, 2.75) is 44.7 Å². The Kier molecular flexibility index (Phi) is 14.4. The van der Waals surface area contributed by atoms with Gasteiger partial charge in [0.15, 0.2) is 0 Å². The largest absolute Gasteiger partial charge is 0.369 e. The zero-order chi connectivity index (χ0) is 32.5. The molecule has 4 atom stereocenters. The van der Waals surface area contributed by atoms with Crippen molar-refractivity contribution >= 4 is 13.8 Å². The lowest BCUT2D eigenvalue weighted by atomic mass is 10.1. The van der Waals surface area contributed by atoms with Gasteiger partial charge >= 0.3 is 0 Å². The molecule has 8 nitrogen and oxygen atoms in total. The first-order valence-corrected chi connectivity index (χ1v) is 17.3. The number of carbonyl (C=O) groups excluding carboxylic acids is 1. The Morgan fingerprint density at radius 3 is 1.54 bits per heavy atom. The third kappa shape index (κ3) is 12.1.